The summed E-state index contributed by atoms with van der Waals surface area (Å²) in [5.41, 5.74) is 5.21. The lowest BCUT2D eigenvalue weighted by molar-refractivity contribution is 0.290. The summed E-state index contributed by atoms with van der Waals surface area (Å²) in [6.45, 7) is 9.17. The standard InChI is InChI=1S/C24H27ClFN3.2ClH/c1-3-28(4-2)11-12-29-15-17-14-27-24(20-7-5-6-8-23(20)26)21-13-18(25)9-10-19(21)22(17)16-29;;/h5-10,13,15-16,24,27H,3-4,11-12,14H2,1-2H3;2*1H. The highest BCUT2D eigenvalue weighted by Crippen LogP contribution is 2.39. The van der Waals surface area contributed by atoms with Gasteiger partial charge in [0.05, 0.1) is 6.04 Å². The molecule has 3 aromatic rings. The van der Waals surface area contributed by atoms with Crippen molar-refractivity contribution in [2.45, 2.75) is 33.0 Å². The van der Waals surface area contributed by atoms with Crippen LogP contribution in [-0.2, 0) is 13.1 Å². The Morgan fingerprint density at radius 3 is 2.48 bits per heavy atom. The molecule has 0 spiro atoms. The number of nitrogens with zero attached hydrogens (tertiary/aromatic N) is 2. The molecule has 3 nitrogen and oxygen atoms in total. The number of likely N-dealkylation sites (N-methyl/N-ethyl adjacent to an activating group) is 1. The number of rotatable bonds is 6. The van der Waals surface area contributed by atoms with Gasteiger partial charge >= 0.3 is 0 Å². The summed E-state index contributed by atoms with van der Waals surface area (Å²) in [7, 11) is 0. The fraction of sp³-hybridized carbons (Fsp3) is 0.333. The molecule has 0 radical (unpaired) electrons. The van der Waals surface area contributed by atoms with Gasteiger partial charge in [0.2, 0.25) is 0 Å². The monoisotopic (exact) mass is 483 g/mol. The molecule has 1 N–H and O–H groups in total. The van der Waals surface area contributed by atoms with Crippen LogP contribution in [0, 0.1) is 5.82 Å². The first-order valence-corrected chi connectivity index (χ1v) is 10.7. The van der Waals surface area contributed by atoms with E-state index < -0.39 is 0 Å². The SMILES string of the molecule is CCN(CC)CCn1cc2c(c1)-c1ccc(Cl)cc1C(c1ccccc1F)NC2.Cl.Cl. The van der Waals surface area contributed by atoms with Gasteiger partial charge in [0.15, 0.2) is 0 Å². The molecule has 0 saturated carbocycles. The molecule has 0 saturated heterocycles. The maximum atomic E-state index is 14.6. The van der Waals surface area contributed by atoms with Crippen molar-refractivity contribution in [3.05, 3.63) is 82.4 Å². The highest BCUT2D eigenvalue weighted by molar-refractivity contribution is 6.30. The lowest BCUT2D eigenvalue weighted by atomic mass is 9.92. The molecule has 31 heavy (non-hydrogen) atoms. The normalized spacial score (nSPS) is 14.8. The minimum atomic E-state index is -0.235. The second-order valence-electron chi connectivity index (χ2n) is 7.53. The Morgan fingerprint density at radius 2 is 1.77 bits per heavy atom. The van der Waals surface area contributed by atoms with E-state index >= 15 is 0 Å². The van der Waals surface area contributed by atoms with Crippen molar-refractivity contribution in [3.63, 3.8) is 0 Å². The number of aromatic nitrogens is 1. The van der Waals surface area contributed by atoms with Crippen molar-refractivity contribution >= 4 is 36.4 Å². The van der Waals surface area contributed by atoms with Gasteiger partial charge in [-0.25, -0.2) is 4.39 Å². The van der Waals surface area contributed by atoms with Crippen LogP contribution in [0.4, 0.5) is 4.39 Å². The molecular weight excluding hydrogens is 456 g/mol. The van der Waals surface area contributed by atoms with Crippen molar-refractivity contribution < 1.29 is 4.39 Å². The quantitative estimate of drug-likeness (QED) is 0.441. The summed E-state index contributed by atoms with van der Waals surface area (Å²) < 4.78 is 16.9. The summed E-state index contributed by atoms with van der Waals surface area (Å²) in [4.78, 5) is 2.42. The average Bonchev–Trinajstić information content (AvgIpc) is 3.07. The Labute approximate surface area is 201 Å². The zero-order valence-electron chi connectivity index (χ0n) is 17.8. The first-order valence-electron chi connectivity index (χ1n) is 10.3. The van der Waals surface area contributed by atoms with E-state index in [9.17, 15) is 4.39 Å². The highest BCUT2D eigenvalue weighted by Gasteiger charge is 2.26. The Hall–Kier alpha value is -1.56. The summed E-state index contributed by atoms with van der Waals surface area (Å²) in [6, 6.07) is 12.7. The second-order valence-corrected chi connectivity index (χ2v) is 7.97. The van der Waals surface area contributed by atoms with Crippen LogP contribution in [0.1, 0.15) is 36.6 Å². The molecule has 1 atom stereocenters. The molecule has 168 valence electrons. The fourth-order valence-electron chi connectivity index (χ4n) is 4.19. The minimum absolute atomic E-state index is 0. The van der Waals surface area contributed by atoms with Crippen LogP contribution in [0.15, 0.2) is 54.9 Å². The van der Waals surface area contributed by atoms with Gasteiger partial charge in [-0.15, -0.1) is 24.8 Å². The van der Waals surface area contributed by atoms with Crippen LogP contribution in [0.5, 0.6) is 0 Å². The predicted octanol–water partition coefficient (Wildman–Crippen LogP) is 6.33. The smallest absolute Gasteiger partial charge is 0.128 e. The molecule has 2 aromatic carbocycles. The number of fused-ring (bicyclic) bond motifs is 3. The van der Waals surface area contributed by atoms with Crippen LogP contribution in [0.2, 0.25) is 5.02 Å². The summed E-state index contributed by atoms with van der Waals surface area (Å²) in [5.74, 6) is -0.202. The van der Waals surface area contributed by atoms with E-state index in [2.05, 4.69) is 47.1 Å². The van der Waals surface area contributed by atoms with E-state index in [1.165, 1.54) is 17.2 Å². The van der Waals surface area contributed by atoms with E-state index in [-0.39, 0.29) is 36.7 Å². The van der Waals surface area contributed by atoms with Crippen molar-refractivity contribution in [2.24, 2.45) is 0 Å². The van der Waals surface area contributed by atoms with E-state index in [0.29, 0.717) is 17.1 Å². The predicted molar refractivity (Wildman–Crippen MR) is 132 cm³/mol. The maximum Gasteiger partial charge on any atom is 0.128 e. The summed E-state index contributed by atoms with van der Waals surface area (Å²) >= 11 is 6.34. The van der Waals surface area contributed by atoms with Gasteiger partial charge in [-0.1, -0.05) is 49.7 Å². The first kappa shape index (κ1) is 25.7. The Kier molecular flexibility index (Phi) is 9.41. The molecule has 1 aliphatic rings. The second kappa shape index (κ2) is 11.3. The van der Waals surface area contributed by atoms with Crippen molar-refractivity contribution in [1.29, 1.82) is 0 Å². The highest BCUT2D eigenvalue weighted by atomic mass is 35.5. The summed E-state index contributed by atoms with van der Waals surface area (Å²) in [5, 5.41) is 4.22. The minimum Gasteiger partial charge on any atom is -0.352 e. The van der Waals surface area contributed by atoms with Crippen LogP contribution in [0.25, 0.3) is 11.1 Å². The van der Waals surface area contributed by atoms with Crippen LogP contribution >= 0.6 is 36.4 Å². The molecule has 0 amide bonds. The third-order valence-corrected chi connectivity index (χ3v) is 6.09. The molecule has 1 aromatic heterocycles. The Balaban J connectivity index is 0.00000171. The van der Waals surface area contributed by atoms with Gasteiger partial charge in [0.1, 0.15) is 5.82 Å². The maximum absolute atomic E-state index is 14.6. The first-order chi connectivity index (χ1) is 14.1. The third kappa shape index (κ3) is 5.44. The van der Waals surface area contributed by atoms with Crippen LogP contribution < -0.4 is 5.32 Å². The molecule has 1 unspecified atom stereocenters. The van der Waals surface area contributed by atoms with Crippen molar-refractivity contribution in [2.75, 3.05) is 19.6 Å². The van der Waals surface area contributed by atoms with Crippen LogP contribution in [-0.4, -0.2) is 29.1 Å². The Morgan fingerprint density at radius 1 is 1.03 bits per heavy atom. The molecule has 0 bridgehead atoms. The number of halogens is 4. The lowest BCUT2D eigenvalue weighted by Gasteiger charge is -2.21. The largest absolute Gasteiger partial charge is 0.352 e. The molecule has 0 aliphatic carbocycles. The number of hydrogen-bond donors (Lipinski definition) is 1. The van der Waals surface area contributed by atoms with E-state index in [0.717, 1.165) is 37.3 Å². The Bertz CT molecular complexity index is 1000. The van der Waals surface area contributed by atoms with Gasteiger partial charge in [-0.3, -0.25) is 0 Å². The molecule has 4 rings (SSSR count). The zero-order chi connectivity index (χ0) is 20.4. The number of nitrogens with one attached hydrogen (secondary N) is 1. The van der Waals surface area contributed by atoms with Gasteiger partial charge in [0, 0.05) is 48.2 Å². The van der Waals surface area contributed by atoms with E-state index in [1.807, 2.05) is 24.3 Å². The van der Waals surface area contributed by atoms with Gasteiger partial charge < -0.3 is 14.8 Å². The fourth-order valence-corrected chi connectivity index (χ4v) is 4.37. The van der Waals surface area contributed by atoms with Gasteiger partial charge in [-0.05, 0) is 48.0 Å². The molecular formula is C24H29Cl3FN3. The molecule has 0 fully saturated rings. The number of benzene rings is 2. The molecule has 2 heterocycles. The van der Waals surface area contributed by atoms with Crippen molar-refractivity contribution in [1.82, 2.24) is 14.8 Å². The average molecular weight is 485 g/mol. The topological polar surface area (TPSA) is 20.2 Å². The summed E-state index contributed by atoms with van der Waals surface area (Å²) in [6.07, 6.45) is 4.44. The van der Waals surface area contributed by atoms with E-state index in [1.54, 1.807) is 6.07 Å². The lowest BCUT2D eigenvalue weighted by Crippen LogP contribution is -2.26. The zero-order valence-corrected chi connectivity index (χ0v) is 20.2. The third-order valence-electron chi connectivity index (χ3n) is 5.86. The molecule has 1 aliphatic heterocycles. The van der Waals surface area contributed by atoms with Gasteiger partial charge in [0.25, 0.3) is 0 Å². The van der Waals surface area contributed by atoms with Gasteiger partial charge in [-0.2, -0.15) is 0 Å². The van der Waals surface area contributed by atoms with Crippen LogP contribution in [0.3, 0.4) is 0 Å². The van der Waals surface area contributed by atoms with E-state index in [4.69, 9.17) is 11.6 Å². The molecule has 7 heteroatoms. The number of hydrogen-bond acceptors (Lipinski definition) is 2. The van der Waals surface area contributed by atoms with Crippen molar-refractivity contribution in [3.8, 4) is 11.1 Å².